The summed E-state index contributed by atoms with van der Waals surface area (Å²) in [5, 5.41) is 0. The van der Waals surface area contributed by atoms with Crippen molar-refractivity contribution in [2.75, 3.05) is 0 Å². The van der Waals surface area contributed by atoms with E-state index in [-0.39, 0.29) is 16.7 Å². The molecule has 0 heterocycles. The van der Waals surface area contributed by atoms with E-state index in [0.717, 1.165) is 12.1 Å². The molecule has 0 aliphatic heterocycles. The molecule has 0 radical (unpaired) electrons. The lowest BCUT2D eigenvalue weighted by atomic mass is 10.4. The van der Waals surface area contributed by atoms with E-state index < -0.39 is 11.3 Å². The van der Waals surface area contributed by atoms with Crippen LogP contribution in [-0.2, 0) is 0 Å². The smallest absolute Gasteiger partial charge is 0.207 e. The molecule has 0 saturated carbocycles. The molecular formula is C7H4F4S. The number of benzene rings is 1. The summed E-state index contributed by atoms with van der Waals surface area (Å²) < 4.78 is 47.5. The summed E-state index contributed by atoms with van der Waals surface area (Å²) in [6, 6.07) is 4.39. The molecule has 0 aromatic heterocycles. The summed E-state index contributed by atoms with van der Waals surface area (Å²) in [5.74, 6) is -0.663. The fourth-order valence-corrected chi connectivity index (χ4v) is 1.25. The van der Waals surface area contributed by atoms with E-state index in [1.54, 1.807) is 0 Å². The van der Waals surface area contributed by atoms with Crippen molar-refractivity contribution in [2.45, 2.75) is 10.4 Å². The minimum Gasteiger partial charge on any atom is -0.207 e. The molecule has 0 amide bonds. The second-order valence-corrected chi connectivity index (χ2v) is 3.14. The summed E-state index contributed by atoms with van der Waals surface area (Å²) in [5.41, 5.74) is -4.35. The van der Waals surface area contributed by atoms with Crippen LogP contribution >= 0.6 is 11.8 Å². The molecule has 66 valence electrons. The van der Waals surface area contributed by atoms with E-state index in [1.165, 1.54) is 12.1 Å². The van der Waals surface area contributed by atoms with Crippen molar-refractivity contribution >= 4 is 11.8 Å². The predicted octanol–water partition coefficient (Wildman–Crippen LogP) is 3.44. The van der Waals surface area contributed by atoms with Gasteiger partial charge >= 0.3 is 5.51 Å². The molecule has 0 bridgehead atoms. The Kier molecular flexibility index (Phi) is 2.62. The summed E-state index contributed by atoms with van der Waals surface area (Å²) in [4.78, 5) is -0.137. The molecular weight excluding hydrogens is 192 g/mol. The van der Waals surface area contributed by atoms with E-state index in [4.69, 9.17) is 0 Å². The number of hydrogen-bond acceptors (Lipinski definition) is 1. The second-order valence-electron chi connectivity index (χ2n) is 2.01. The van der Waals surface area contributed by atoms with Gasteiger partial charge in [-0.1, -0.05) is 6.07 Å². The van der Waals surface area contributed by atoms with Gasteiger partial charge in [0.05, 0.1) is 0 Å². The topological polar surface area (TPSA) is 0 Å². The third-order valence-electron chi connectivity index (χ3n) is 1.03. The Balaban J connectivity index is 2.77. The molecule has 0 saturated heterocycles. The summed E-state index contributed by atoms with van der Waals surface area (Å²) >= 11 is -0.325. The van der Waals surface area contributed by atoms with E-state index in [0.29, 0.717) is 0 Å². The van der Waals surface area contributed by atoms with Gasteiger partial charge in [0, 0.05) is 4.90 Å². The van der Waals surface area contributed by atoms with Crippen molar-refractivity contribution in [1.29, 1.82) is 0 Å². The van der Waals surface area contributed by atoms with Gasteiger partial charge in [0.2, 0.25) is 0 Å². The number of thioether (sulfide) groups is 1. The van der Waals surface area contributed by atoms with Crippen LogP contribution in [0.15, 0.2) is 29.2 Å². The Morgan fingerprint density at radius 1 is 1.17 bits per heavy atom. The van der Waals surface area contributed by atoms with Crippen LogP contribution < -0.4 is 0 Å². The number of rotatable bonds is 1. The third kappa shape index (κ3) is 3.13. The quantitative estimate of drug-likeness (QED) is 0.489. The zero-order valence-electron chi connectivity index (χ0n) is 5.73. The van der Waals surface area contributed by atoms with Gasteiger partial charge in [0.25, 0.3) is 0 Å². The molecule has 0 aliphatic carbocycles. The van der Waals surface area contributed by atoms with Gasteiger partial charge in [0.15, 0.2) is 0 Å². The van der Waals surface area contributed by atoms with Crippen LogP contribution in [0.1, 0.15) is 0 Å². The van der Waals surface area contributed by atoms with Crippen LogP contribution in [0.2, 0.25) is 0 Å². The average Bonchev–Trinajstić information content (AvgIpc) is 1.82. The lowest BCUT2D eigenvalue weighted by molar-refractivity contribution is -0.0328. The van der Waals surface area contributed by atoms with Crippen LogP contribution in [0.3, 0.4) is 0 Å². The molecule has 0 N–H and O–H groups in total. The maximum absolute atomic E-state index is 12.4. The van der Waals surface area contributed by atoms with Crippen LogP contribution in [0, 0.1) is 5.82 Å². The fourth-order valence-electron chi connectivity index (χ4n) is 0.664. The number of halogens is 4. The fraction of sp³-hybridized carbons (Fsp3) is 0.143. The van der Waals surface area contributed by atoms with Crippen molar-refractivity contribution in [3.8, 4) is 0 Å². The van der Waals surface area contributed by atoms with Gasteiger partial charge in [-0.25, -0.2) is 4.39 Å². The molecule has 1 rings (SSSR count). The van der Waals surface area contributed by atoms with Gasteiger partial charge in [-0.05, 0) is 30.0 Å². The van der Waals surface area contributed by atoms with Gasteiger partial charge in [-0.3, -0.25) is 0 Å². The lowest BCUT2D eigenvalue weighted by Gasteiger charge is -2.04. The molecule has 1 aromatic carbocycles. The highest BCUT2D eigenvalue weighted by molar-refractivity contribution is 8.00. The van der Waals surface area contributed by atoms with Crippen LogP contribution in [0.4, 0.5) is 17.6 Å². The molecule has 0 unspecified atom stereocenters. The average molecular weight is 196 g/mol. The van der Waals surface area contributed by atoms with Crippen molar-refractivity contribution in [2.24, 2.45) is 0 Å². The van der Waals surface area contributed by atoms with Gasteiger partial charge in [-0.15, -0.1) is 0 Å². The minimum atomic E-state index is -4.35. The molecule has 0 atom stereocenters. The first-order valence-electron chi connectivity index (χ1n) is 2.99. The summed E-state index contributed by atoms with van der Waals surface area (Å²) in [6.07, 6.45) is 0. The monoisotopic (exact) mass is 196 g/mol. The lowest BCUT2D eigenvalue weighted by Crippen LogP contribution is -1.98. The highest BCUT2D eigenvalue weighted by atomic mass is 32.2. The van der Waals surface area contributed by atoms with Crippen molar-refractivity contribution in [3.63, 3.8) is 0 Å². The first kappa shape index (κ1) is 9.38. The van der Waals surface area contributed by atoms with Crippen LogP contribution in [0.5, 0.6) is 0 Å². The molecule has 0 aliphatic rings. The van der Waals surface area contributed by atoms with Gasteiger partial charge < -0.3 is 0 Å². The highest BCUT2D eigenvalue weighted by Crippen LogP contribution is 2.36. The Hall–Kier alpha value is -0.710. The number of hydrogen-bond donors (Lipinski definition) is 0. The Bertz CT molecular complexity index is 268. The maximum atomic E-state index is 12.4. The Morgan fingerprint density at radius 2 is 1.83 bits per heavy atom. The van der Waals surface area contributed by atoms with E-state index >= 15 is 0 Å². The third-order valence-corrected chi connectivity index (χ3v) is 1.75. The second kappa shape index (κ2) is 3.35. The van der Waals surface area contributed by atoms with Crippen molar-refractivity contribution < 1.29 is 17.6 Å². The van der Waals surface area contributed by atoms with Gasteiger partial charge in [0.1, 0.15) is 5.82 Å². The Labute approximate surface area is 70.6 Å². The van der Waals surface area contributed by atoms with Crippen molar-refractivity contribution in [3.05, 3.63) is 30.1 Å². The van der Waals surface area contributed by atoms with E-state index in [2.05, 4.69) is 0 Å². The molecule has 12 heavy (non-hydrogen) atoms. The maximum Gasteiger partial charge on any atom is 0.446 e. The summed E-state index contributed by atoms with van der Waals surface area (Å²) in [6.45, 7) is 0. The van der Waals surface area contributed by atoms with E-state index in [9.17, 15) is 17.6 Å². The van der Waals surface area contributed by atoms with E-state index in [1.807, 2.05) is 0 Å². The zero-order chi connectivity index (χ0) is 9.19. The summed E-state index contributed by atoms with van der Waals surface area (Å²) in [7, 11) is 0. The molecule has 0 fully saturated rings. The molecule has 1 aromatic rings. The zero-order valence-corrected chi connectivity index (χ0v) is 6.55. The largest absolute Gasteiger partial charge is 0.446 e. The normalized spacial score (nSPS) is 11.7. The number of alkyl halides is 3. The highest BCUT2D eigenvalue weighted by Gasteiger charge is 2.29. The first-order chi connectivity index (χ1) is 5.47. The molecule has 0 spiro atoms. The van der Waals surface area contributed by atoms with Crippen LogP contribution in [0.25, 0.3) is 0 Å². The SMILES string of the molecule is Fc1cccc(SC(F)(F)F)c1. The van der Waals surface area contributed by atoms with Gasteiger partial charge in [-0.2, -0.15) is 13.2 Å². The molecule has 5 heteroatoms. The minimum absolute atomic E-state index is 0.137. The first-order valence-corrected chi connectivity index (χ1v) is 3.80. The predicted molar refractivity (Wildman–Crippen MR) is 38.3 cm³/mol. The Morgan fingerprint density at radius 3 is 2.33 bits per heavy atom. The van der Waals surface area contributed by atoms with Crippen molar-refractivity contribution in [1.82, 2.24) is 0 Å². The standard InChI is InChI=1S/C7H4F4S/c8-5-2-1-3-6(4-5)12-7(9,10)11/h1-4H. The molecule has 0 nitrogen and oxygen atoms in total. The van der Waals surface area contributed by atoms with Crippen LogP contribution in [-0.4, -0.2) is 5.51 Å².